The monoisotopic (exact) mass is 298 g/mol. The van der Waals surface area contributed by atoms with Crippen molar-refractivity contribution in [1.29, 1.82) is 0 Å². The zero-order valence-electron chi connectivity index (χ0n) is 12.1. The number of rotatable bonds is 2. The van der Waals surface area contributed by atoms with E-state index >= 15 is 0 Å². The number of carboxylic acids is 1. The first-order valence-electron chi connectivity index (χ1n) is 6.79. The van der Waals surface area contributed by atoms with Crippen LogP contribution in [0.4, 0.5) is 0 Å². The van der Waals surface area contributed by atoms with Crippen LogP contribution in [0.25, 0.3) is 21.9 Å². The molecule has 0 spiro atoms. The Morgan fingerprint density at radius 3 is 2.55 bits per heavy atom. The minimum Gasteiger partial charge on any atom is -0.507 e. The van der Waals surface area contributed by atoms with Crippen molar-refractivity contribution in [3.63, 3.8) is 0 Å². The van der Waals surface area contributed by atoms with E-state index in [0.717, 1.165) is 11.1 Å². The third kappa shape index (κ3) is 2.02. The molecule has 1 heterocycles. The van der Waals surface area contributed by atoms with E-state index in [1.165, 1.54) is 12.1 Å². The van der Waals surface area contributed by atoms with Gasteiger partial charge in [0.05, 0.1) is 11.8 Å². The van der Waals surface area contributed by atoms with Crippen molar-refractivity contribution in [2.45, 2.75) is 20.3 Å². The van der Waals surface area contributed by atoms with Crippen molar-refractivity contribution >= 4 is 27.9 Å². The summed E-state index contributed by atoms with van der Waals surface area (Å²) in [5.41, 5.74) is 2.35. The van der Waals surface area contributed by atoms with Gasteiger partial charge in [0.1, 0.15) is 22.3 Å². The molecule has 0 atom stereocenters. The van der Waals surface area contributed by atoms with Gasteiger partial charge >= 0.3 is 5.97 Å². The molecule has 112 valence electrons. The van der Waals surface area contributed by atoms with Gasteiger partial charge in [-0.1, -0.05) is 12.1 Å². The number of carbonyl (C=O) groups is 1. The second-order valence-electron chi connectivity index (χ2n) is 5.33. The lowest BCUT2D eigenvalue weighted by Gasteiger charge is -2.09. The Morgan fingerprint density at radius 1 is 1.14 bits per heavy atom. The summed E-state index contributed by atoms with van der Waals surface area (Å²) in [5, 5.41) is 19.4. The first-order valence-corrected chi connectivity index (χ1v) is 6.79. The van der Waals surface area contributed by atoms with Crippen LogP contribution in [0.3, 0.4) is 0 Å². The number of aliphatic carboxylic acids is 1. The maximum absolute atomic E-state index is 12.6. The van der Waals surface area contributed by atoms with Crippen molar-refractivity contribution in [3.8, 4) is 5.75 Å². The maximum Gasteiger partial charge on any atom is 0.307 e. The Kier molecular flexibility index (Phi) is 3.13. The molecule has 0 aliphatic rings. The minimum atomic E-state index is -1.03. The van der Waals surface area contributed by atoms with E-state index in [2.05, 4.69) is 0 Å². The summed E-state index contributed by atoms with van der Waals surface area (Å²) in [6, 6.07) is 6.26. The lowest BCUT2D eigenvalue weighted by Crippen LogP contribution is -2.07. The maximum atomic E-state index is 12.6. The van der Waals surface area contributed by atoms with E-state index in [9.17, 15) is 14.7 Å². The fourth-order valence-electron chi connectivity index (χ4n) is 2.59. The average molecular weight is 298 g/mol. The standard InChI is InChI=1S/C17H14O5/c1-8-3-5-11-15(21)14-12(18)6-4-10(7-13(19)20)17(14)22-16(11)9(8)2/h3-6,18H,7H2,1-2H3,(H,19,20). The molecule has 0 amide bonds. The van der Waals surface area contributed by atoms with Crippen molar-refractivity contribution in [2.75, 3.05) is 0 Å². The number of benzene rings is 2. The number of aromatic hydroxyl groups is 1. The molecule has 0 aliphatic carbocycles. The fraction of sp³-hybridized carbons (Fsp3) is 0.176. The smallest absolute Gasteiger partial charge is 0.307 e. The summed E-state index contributed by atoms with van der Waals surface area (Å²) in [6.07, 6.45) is -0.282. The molecule has 0 radical (unpaired) electrons. The SMILES string of the molecule is Cc1ccc2c(=O)c3c(O)ccc(CC(=O)O)c3oc2c1C. The Hall–Kier alpha value is -2.82. The molecule has 3 rings (SSSR count). The molecule has 1 aromatic heterocycles. The van der Waals surface area contributed by atoms with Gasteiger partial charge in [-0.2, -0.15) is 0 Å². The number of hydrogen-bond donors (Lipinski definition) is 2. The summed E-state index contributed by atoms with van der Waals surface area (Å²) in [6.45, 7) is 3.74. The molecule has 5 heteroatoms. The van der Waals surface area contributed by atoms with Gasteiger partial charge in [0, 0.05) is 5.56 Å². The predicted molar refractivity (Wildman–Crippen MR) is 82.5 cm³/mol. The minimum absolute atomic E-state index is 0.0227. The molecule has 2 N–H and O–H groups in total. The molecular weight excluding hydrogens is 284 g/mol. The summed E-state index contributed by atoms with van der Waals surface area (Å²) >= 11 is 0. The summed E-state index contributed by atoms with van der Waals surface area (Å²) in [5.74, 6) is -1.24. The number of phenols is 1. The quantitative estimate of drug-likeness (QED) is 0.710. The molecule has 3 aromatic rings. The third-order valence-electron chi connectivity index (χ3n) is 3.91. The van der Waals surface area contributed by atoms with Crippen molar-refractivity contribution in [3.05, 3.63) is 51.2 Å². The Labute approximate surface area is 125 Å². The van der Waals surface area contributed by atoms with Crippen LogP contribution in [0.1, 0.15) is 16.7 Å². The molecule has 0 saturated heterocycles. The number of aryl methyl sites for hydroxylation is 2. The van der Waals surface area contributed by atoms with Crippen LogP contribution in [0.5, 0.6) is 5.75 Å². The Morgan fingerprint density at radius 2 is 1.86 bits per heavy atom. The molecule has 22 heavy (non-hydrogen) atoms. The van der Waals surface area contributed by atoms with Gasteiger partial charge < -0.3 is 14.6 Å². The highest BCUT2D eigenvalue weighted by Crippen LogP contribution is 2.30. The van der Waals surface area contributed by atoms with Gasteiger partial charge in [-0.05, 0) is 37.1 Å². The van der Waals surface area contributed by atoms with Gasteiger partial charge in [-0.3, -0.25) is 9.59 Å². The fourth-order valence-corrected chi connectivity index (χ4v) is 2.59. The van der Waals surface area contributed by atoms with Gasteiger partial charge in [0.25, 0.3) is 0 Å². The van der Waals surface area contributed by atoms with Crippen LogP contribution in [-0.2, 0) is 11.2 Å². The first kappa shape index (κ1) is 14.1. The highest BCUT2D eigenvalue weighted by atomic mass is 16.4. The van der Waals surface area contributed by atoms with Crippen molar-refractivity contribution in [2.24, 2.45) is 0 Å². The first-order chi connectivity index (χ1) is 10.4. The lowest BCUT2D eigenvalue weighted by molar-refractivity contribution is -0.136. The second kappa shape index (κ2) is 4.87. The third-order valence-corrected chi connectivity index (χ3v) is 3.91. The van der Waals surface area contributed by atoms with Crippen LogP contribution >= 0.6 is 0 Å². The lowest BCUT2D eigenvalue weighted by atomic mass is 10.0. The average Bonchev–Trinajstić information content (AvgIpc) is 2.46. The van der Waals surface area contributed by atoms with E-state index in [0.29, 0.717) is 16.5 Å². The predicted octanol–water partition coefficient (Wildman–Crippen LogP) is 2.90. The molecule has 0 unspecified atom stereocenters. The van der Waals surface area contributed by atoms with E-state index < -0.39 is 5.97 Å². The zero-order chi connectivity index (χ0) is 16.0. The molecule has 0 aliphatic heterocycles. The van der Waals surface area contributed by atoms with Gasteiger partial charge in [0.15, 0.2) is 0 Å². The number of hydrogen-bond acceptors (Lipinski definition) is 4. The molecule has 0 fully saturated rings. The highest BCUT2D eigenvalue weighted by molar-refractivity contribution is 5.96. The van der Waals surface area contributed by atoms with Crippen LogP contribution in [0.15, 0.2) is 33.5 Å². The molecule has 0 bridgehead atoms. The van der Waals surface area contributed by atoms with Crippen molar-refractivity contribution in [1.82, 2.24) is 0 Å². The molecule has 0 saturated carbocycles. The number of phenolic OH excluding ortho intramolecular Hbond substituents is 1. The normalized spacial score (nSPS) is 11.2. The second-order valence-corrected chi connectivity index (χ2v) is 5.33. The molecule has 5 nitrogen and oxygen atoms in total. The van der Waals surface area contributed by atoms with Crippen LogP contribution in [0, 0.1) is 13.8 Å². The van der Waals surface area contributed by atoms with Crippen LogP contribution < -0.4 is 5.43 Å². The van der Waals surface area contributed by atoms with Gasteiger partial charge in [0.2, 0.25) is 5.43 Å². The topological polar surface area (TPSA) is 87.7 Å². The van der Waals surface area contributed by atoms with E-state index in [1.54, 1.807) is 6.07 Å². The number of fused-ring (bicyclic) bond motifs is 2. The Bertz CT molecular complexity index is 982. The van der Waals surface area contributed by atoms with Gasteiger partial charge in [-0.15, -0.1) is 0 Å². The summed E-state index contributed by atoms with van der Waals surface area (Å²) in [7, 11) is 0. The largest absolute Gasteiger partial charge is 0.507 e. The molecular formula is C17H14O5. The highest BCUT2D eigenvalue weighted by Gasteiger charge is 2.17. The Balaban J connectivity index is 2.54. The zero-order valence-corrected chi connectivity index (χ0v) is 12.1. The van der Waals surface area contributed by atoms with E-state index in [4.69, 9.17) is 9.52 Å². The van der Waals surface area contributed by atoms with E-state index in [1.807, 2.05) is 19.9 Å². The molecule has 2 aromatic carbocycles. The summed E-state index contributed by atoms with van der Waals surface area (Å²) < 4.78 is 5.83. The van der Waals surface area contributed by atoms with Crippen LogP contribution in [-0.4, -0.2) is 16.2 Å². The summed E-state index contributed by atoms with van der Waals surface area (Å²) in [4.78, 5) is 23.6. The van der Waals surface area contributed by atoms with E-state index in [-0.39, 0.29) is 28.6 Å². The van der Waals surface area contributed by atoms with Crippen LogP contribution in [0.2, 0.25) is 0 Å². The number of carboxylic acid groups (broad SMARTS) is 1. The van der Waals surface area contributed by atoms with Crippen molar-refractivity contribution < 1.29 is 19.4 Å². The van der Waals surface area contributed by atoms with Gasteiger partial charge in [-0.25, -0.2) is 0 Å².